The smallest absolute Gasteiger partial charge is 0.320 e. The Morgan fingerprint density at radius 1 is 1.67 bits per heavy atom. The van der Waals surface area contributed by atoms with Gasteiger partial charge in [-0.2, -0.15) is 0 Å². The molecule has 0 saturated heterocycles. The highest BCUT2D eigenvalue weighted by Crippen LogP contribution is 2.20. The third-order valence-electron chi connectivity index (χ3n) is 2.18. The number of aliphatic carboxylic acids is 1. The molecular weight excluding hydrogens is 154 g/mol. The number of nitrogens with two attached hydrogens (primary N) is 1. The van der Waals surface area contributed by atoms with Crippen LogP contribution >= 0.6 is 0 Å². The quantitative estimate of drug-likeness (QED) is 0.626. The van der Waals surface area contributed by atoms with Crippen molar-refractivity contribution in [2.45, 2.75) is 38.1 Å². The Hall–Kier alpha value is -0.830. The molecule has 1 unspecified atom stereocenters. The van der Waals surface area contributed by atoms with E-state index in [0.717, 1.165) is 12.8 Å². The lowest BCUT2D eigenvalue weighted by Gasteiger charge is -2.14. The SMILES string of the molecule is NC(CC1=CCCCC1)C(=O)O. The number of carbonyl (C=O) groups is 1. The molecule has 0 spiro atoms. The number of carboxylic acid groups (broad SMARTS) is 1. The number of allylic oxidation sites excluding steroid dienone is 1. The minimum absolute atomic E-state index is 0.523. The van der Waals surface area contributed by atoms with Gasteiger partial charge < -0.3 is 10.8 Å². The molecule has 0 heterocycles. The van der Waals surface area contributed by atoms with Crippen LogP contribution in [0.1, 0.15) is 32.1 Å². The van der Waals surface area contributed by atoms with Crippen LogP contribution in [0.4, 0.5) is 0 Å². The van der Waals surface area contributed by atoms with Gasteiger partial charge in [-0.05, 0) is 32.1 Å². The predicted molar refractivity (Wildman–Crippen MR) is 46.8 cm³/mol. The van der Waals surface area contributed by atoms with Crippen molar-refractivity contribution in [1.82, 2.24) is 0 Å². The van der Waals surface area contributed by atoms with Gasteiger partial charge in [0.15, 0.2) is 0 Å². The predicted octanol–water partition coefficient (Wildman–Crippen LogP) is 1.29. The van der Waals surface area contributed by atoms with Crippen LogP contribution in [-0.2, 0) is 4.79 Å². The zero-order chi connectivity index (χ0) is 8.97. The maximum atomic E-state index is 10.4. The van der Waals surface area contributed by atoms with Gasteiger partial charge in [0.25, 0.3) is 0 Å². The molecule has 1 aliphatic carbocycles. The fourth-order valence-corrected chi connectivity index (χ4v) is 1.46. The van der Waals surface area contributed by atoms with Gasteiger partial charge in [-0.15, -0.1) is 0 Å². The number of hydrogen-bond donors (Lipinski definition) is 2. The minimum Gasteiger partial charge on any atom is -0.480 e. The van der Waals surface area contributed by atoms with Crippen molar-refractivity contribution in [3.63, 3.8) is 0 Å². The Morgan fingerprint density at radius 3 is 2.92 bits per heavy atom. The Balaban J connectivity index is 2.39. The van der Waals surface area contributed by atoms with E-state index in [1.807, 2.05) is 0 Å². The molecule has 3 heteroatoms. The van der Waals surface area contributed by atoms with E-state index in [-0.39, 0.29) is 0 Å². The second-order valence-corrected chi connectivity index (χ2v) is 3.26. The molecule has 0 radical (unpaired) electrons. The van der Waals surface area contributed by atoms with Crippen molar-refractivity contribution in [3.8, 4) is 0 Å². The van der Waals surface area contributed by atoms with Crippen LogP contribution in [0.3, 0.4) is 0 Å². The third kappa shape index (κ3) is 2.66. The molecule has 0 saturated carbocycles. The maximum Gasteiger partial charge on any atom is 0.320 e. The molecule has 1 rings (SSSR count). The highest BCUT2D eigenvalue weighted by atomic mass is 16.4. The van der Waals surface area contributed by atoms with Gasteiger partial charge in [-0.1, -0.05) is 11.6 Å². The van der Waals surface area contributed by atoms with E-state index < -0.39 is 12.0 Å². The molecule has 0 aromatic rings. The van der Waals surface area contributed by atoms with Crippen molar-refractivity contribution in [2.24, 2.45) is 5.73 Å². The molecule has 1 atom stereocenters. The van der Waals surface area contributed by atoms with Crippen molar-refractivity contribution in [3.05, 3.63) is 11.6 Å². The van der Waals surface area contributed by atoms with Crippen LogP contribution in [0.5, 0.6) is 0 Å². The minimum atomic E-state index is -0.901. The van der Waals surface area contributed by atoms with Crippen LogP contribution in [0.25, 0.3) is 0 Å². The molecule has 3 N–H and O–H groups in total. The van der Waals surface area contributed by atoms with Crippen LogP contribution in [-0.4, -0.2) is 17.1 Å². The number of hydrogen-bond acceptors (Lipinski definition) is 2. The fraction of sp³-hybridized carbons (Fsp3) is 0.667. The first-order chi connectivity index (χ1) is 5.70. The first-order valence-electron chi connectivity index (χ1n) is 4.36. The molecule has 0 fully saturated rings. The molecule has 0 aliphatic heterocycles. The molecule has 0 aromatic carbocycles. The summed E-state index contributed by atoms with van der Waals surface area (Å²) in [5, 5.41) is 8.56. The normalized spacial score (nSPS) is 19.9. The van der Waals surface area contributed by atoms with E-state index >= 15 is 0 Å². The Bertz CT molecular complexity index is 199. The first kappa shape index (κ1) is 9.26. The monoisotopic (exact) mass is 169 g/mol. The van der Waals surface area contributed by atoms with Gasteiger partial charge in [-0.25, -0.2) is 0 Å². The largest absolute Gasteiger partial charge is 0.480 e. The molecule has 68 valence electrons. The first-order valence-corrected chi connectivity index (χ1v) is 4.36. The fourth-order valence-electron chi connectivity index (χ4n) is 1.46. The van der Waals surface area contributed by atoms with Gasteiger partial charge in [0.2, 0.25) is 0 Å². The summed E-state index contributed by atoms with van der Waals surface area (Å²) in [6.45, 7) is 0. The molecule has 0 amide bonds. The van der Waals surface area contributed by atoms with Crippen LogP contribution in [0.15, 0.2) is 11.6 Å². The summed E-state index contributed by atoms with van der Waals surface area (Å²) in [6.07, 6.45) is 7.17. The molecule has 0 aromatic heterocycles. The zero-order valence-corrected chi connectivity index (χ0v) is 7.12. The van der Waals surface area contributed by atoms with Crippen molar-refractivity contribution >= 4 is 5.97 Å². The molecule has 3 nitrogen and oxygen atoms in total. The lowest BCUT2D eigenvalue weighted by atomic mass is 9.95. The topological polar surface area (TPSA) is 63.3 Å². The average Bonchev–Trinajstić information content (AvgIpc) is 2.06. The van der Waals surface area contributed by atoms with Crippen LogP contribution < -0.4 is 5.73 Å². The van der Waals surface area contributed by atoms with Gasteiger partial charge >= 0.3 is 5.97 Å². The van der Waals surface area contributed by atoms with E-state index in [1.165, 1.54) is 18.4 Å². The molecular formula is C9H15NO2. The van der Waals surface area contributed by atoms with Crippen molar-refractivity contribution in [1.29, 1.82) is 0 Å². The summed E-state index contributed by atoms with van der Waals surface area (Å²) >= 11 is 0. The summed E-state index contributed by atoms with van der Waals surface area (Å²) in [4.78, 5) is 10.4. The second-order valence-electron chi connectivity index (χ2n) is 3.26. The Morgan fingerprint density at radius 2 is 2.42 bits per heavy atom. The van der Waals surface area contributed by atoms with E-state index in [9.17, 15) is 4.79 Å². The highest BCUT2D eigenvalue weighted by molar-refractivity contribution is 5.73. The number of carboxylic acids is 1. The summed E-state index contributed by atoms with van der Waals surface area (Å²) < 4.78 is 0. The zero-order valence-electron chi connectivity index (χ0n) is 7.12. The third-order valence-corrected chi connectivity index (χ3v) is 2.18. The molecule has 0 bridgehead atoms. The molecule has 1 aliphatic rings. The highest BCUT2D eigenvalue weighted by Gasteiger charge is 2.14. The van der Waals surface area contributed by atoms with E-state index in [0.29, 0.717) is 6.42 Å². The maximum absolute atomic E-state index is 10.4. The summed E-state index contributed by atoms with van der Waals surface area (Å²) in [5.74, 6) is -0.901. The van der Waals surface area contributed by atoms with Gasteiger partial charge in [0.05, 0.1) is 0 Å². The van der Waals surface area contributed by atoms with Crippen LogP contribution in [0, 0.1) is 0 Å². The van der Waals surface area contributed by atoms with Gasteiger partial charge in [0.1, 0.15) is 6.04 Å². The lowest BCUT2D eigenvalue weighted by Crippen LogP contribution is -2.30. The van der Waals surface area contributed by atoms with Gasteiger partial charge in [0, 0.05) is 0 Å². The molecule has 12 heavy (non-hydrogen) atoms. The van der Waals surface area contributed by atoms with Gasteiger partial charge in [-0.3, -0.25) is 4.79 Å². The summed E-state index contributed by atoms with van der Waals surface area (Å²) in [6, 6.07) is -0.714. The lowest BCUT2D eigenvalue weighted by molar-refractivity contribution is -0.138. The van der Waals surface area contributed by atoms with E-state index in [2.05, 4.69) is 6.08 Å². The number of rotatable bonds is 3. The average molecular weight is 169 g/mol. The Kier molecular flexibility index (Phi) is 3.29. The van der Waals surface area contributed by atoms with E-state index in [4.69, 9.17) is 10.8 Å². The Labute approximate surface area is 72.3 Å². The standard InChI is InChI=1S/C9H15NO2/c10-8(9(11)12)6-7-4-2-1-3-5-7/h4,8H,1-3,5-6,10H2,(H,11,12). The van der Waals surface area contributed by atoms with Crippen molar-refractivity contribution < 1.29 is 9.90 Å². The van der Waals surface area contributed by atoms with Crippen molar-refractivity contribution in [2.75, 3.05) is 0 Å². The second kappa shape index (κ2) is 4.26. The summed E-state index contributed by atoms with van der Waals surface area (Å²) in [7, 11) is 0. The summed E-state index contributed by atoms with van der Waals surface area (Å²) in [5.41, 5.74) is 6.63. The van der Waals surface area contributed by atoms with Crippen LogP contribution in [0.2, 0.25) is 0 Å². The van der Waals surface area contributed by atoms with E-state index in [1.54, 1.807) is 0 Å².